The number of amides is 1. The number of nitrogens with two attached hydrogens (primary N) is 2. The minimum absolute atomic E-state index is 0.0143. The lowest BCUT2D eigenvalue weighted by atomic mass is 10.1. The Kier molecular flexibility index (Phi) is 4.76. The molecular weight excluding hydrogens is 387 g/mol. The maximum atomic E-state index is 14.0. The quantitative estimate of drug-likeness (QED) is 0.612. The van der Waals surface area contributed by atoms with Gasteiger partial charge in [0, 0.05) is 12.1 Å². The SMILES string of the molecule is Cc1ccc(O)c(C)c1-n1c(N)c(C(N)=O)c2c(C(F)(F)F)n(CC(C)C)nc21. The van der Waals surface area contributed by atoms with E-state index in [2.05, 4.69) is 5.10 Å². The number of phenolic OH excluding ortho intramolecular Hbond substituents is 1. The van der Waals surface area contributed by atoms with Gasteiger partial charge < -0.3 is 16.6 Å². The van der Waals surface area contributed by atoms with Crippen LogP contribution in [0.5, 0.6) is 5.75 Å². The molecule has 1 amide bonds. The summed E-state index contributed by atoms with van der Waals surface area (Å²) in [6, 6.07) is 3.07. The number of aryl methyl sites for hydroxylation is 1. The van der Waals surface area contributed by atoms with Crippen molar-refractivity contribution in [2.45, 2.75) is 40.4 Å². The molecule has 2 aromatic heterocycles. The zero-order chi connectivity index (χ0) is 21.8. The number of aromatic nitrogens is 3. The molecule has 0 atom stereocenters. The van der Waals surface area contributed by atoms with Gasteiger partial charge in [-0.1, -0.05) is 19.9 Å². The second-order valence-corrected chi connectivity index (χ2v) is 7.46. The zero-order valence-corrected chi connectivity index (χ0v) is 16.4. The highest BCUT2D eigenvalue weighted by molar-refractivity contribution is 6.12. The van der Waals surface area contributed by atoms with E-state index in [1.54, 1.807) is 33.8 Å². The molecule has 1 aromatic carbocycles. The van der Waals surface area contributed by atoms with Gasteiger partial charge in [-0.3, -0.25) is 14.0 Å². The molecule has 0 aliphatic heterocycles. The van der Waals surface area contributed by atoms with Gasteiger partial charge in [0.05, 0.1) is 16.6 Å². The Labute approximate surface area is 164 Å². The summed E-state index contributed by atoms with van der Waals surface area (Å²) in [5.74, 6) is -1.54. The van der Waals surface area contributed by atoms with E-state index in [-0.39, 0.29) is 29.7 Å². The first-order chi connectivity index (χ1) is 13.4. The number of carbonyl (C=O) groups is 1. The monoisotopic (exact) mass is 409 g/mol. The number of nitrogens with zero attached hydrogens (tertiary/aromatic N) is 3. The third-order valence-electron chi connectivity index (χ3n) is 4.77. The molecule has 0 fully saturated rings. The number of anilines is 1. The lowest BCUT2D eigenvalue weighted by Crippen LogP contribution is -2.20. The fourth-order valence-electron chi connectivity index (χ4n) is 3.60. The number of carbonyl (C=O) groups excluding carboxylic acids is 1. The second kappa shape index (κ2) is 6.71. The van der Waals surface area contributed by atoms with Gasteiger partial charge in [0.25, 0.3) is 5.91 Å². The summed E-state index contributed by atoms with van der Waals surface area (Å²) in [5, 5.41) is 13.8. The Morgan fingerprint density at radius 3 is 2.41 bits per heavy atom. The molecule has 0 spiro atoms. The van der Waals surface area contributed by atoms with Crippen molar-refractivity contribution < 1.29 is 23.1 Å². The average Bonchev–Trinajstić information content (AvgIpc) is 3.04. The molecule has 0 aliphatic rings. The van der Waals surface area contributed by atoms with E-state index in [1.807, 2.05) is 0 Å². The number of nitrogen functional groups attached to an aromatic ring is 1. The minimum atomic E-state index is -4.78. The molecule has 29 heavy (non-hydrogen) atoms. The van der Waals surface area contributed by atoms with Crippen LogP contribution in [-0.2, 0) is 12.7 Å². The van der Waals surface area contributed by atoms with Gasteiger partial charge in [-0.25, -0.2) is 0 Å². The highest BCUT2D eigenvalue weighted by atomic mass is 19.4. The first-order valence-corrected chi connectivity index (χ1v) is 8.93. The third kappa shape index (κ3) is 3.18. The van der Waals surface area contributed by atoms with Crippen molar-refractivity contribution in [2.24, 2.45) is 11.7 Å². The lowest BCUT2D eigenvalue weighted by molar-refractivity contribution is -0.143. The maximum absolute atomic E-state index is 14.0. The predicted octanol–water partition coefficient (Wildman–Crippen LogP) is 3.51. The fourth-order valence-corrected chi connectivity index (χ4v) is 3.60. The van der Waals surface area contributed by atoms with Gasteiger partial charge in [0.2, 0.25) is 0 Å². The molecule has 5 N–H and O–H groups in total. The van der Waals surface area contributed by atoms with Crippen molar-refractivity contribution >= 4 is 22.8 Å². The molecule has 0 saturated carbocycles. The van der Waals surface area contributed by atoms with Crippen LogP contribution in [0.3, 0.4) is 0 Å². The lowest BCUT2D eigenvalue weighted by Gasteiger charge is -2.16. The number of alkyl halides is 3. The second-order valence-electron chi connectivity index (χ2n) is 7.46. The van der Waals surface area contributed by atoms with Gasteiger partial charge in [-0.15, -0.1) is 0 Å². The van der Waals surface area contributed by atoms with Crippen LogP contribution in [0.15, 0.2) is 12.1 Å². The maximum Gasteiger partial charge on any atom is 0.433 e. The molecule has 10 heteroatoms. The Morgan fingerprint density at radius 1 is 1.28 bits per heavy atom. The number of fused-ring (bicyclic) bond motifs is 1. The highest BCUT2D eigenvalue weighted by Crippen LogP contribution is 2.42. The zero-order valence-electron chi connectivity index (χ0n) is 16.4. The third-order valence-corrected chi connectivity index (χ3v) is 4.77. The number of aromatic hydroxyl groups is 1. The van der Waals surface area contributed by atoms with Gasteiger partial charge in [0.15, 0.2) is 11.3 Å². The molecule has 0 radical (unpaired) electrons. The van der Waals surface area contributed by atoms with Crippen molar-refractivity contribution in [3.63, 3.8) is 0 Å². The fraction of sp³-hybridized carbons (Fsp3) is 0.368. The Balaban J connectivity index is 2.55. The van der Waals surface area contributed by atoms with E-state index >= 15 is 0 Å². The topological polar surface area (TPSA) is 112 Å². The van der Waals surface area contributed by atoms with Crippen molar-refractivity contribution in [3.8, 4) is 11.4 Å². The molecule has 3 rings (SSSR count). The molecule has 0 aliphatic carbocycles. The number of hydrogen-bond donors (Lipinski definition) is 3. The van der Waals surface area contributed by atoms with Crippen LogP contribution < -0.4 is 11.5 Å². The Bertz CT molecular complexity index is 1130. The Morgan fingerprint density at radius 2 is 1.90 bits per heavy atom. The molecule has 3 aromatic rings. The smallest absolute Gasteiger partial charge is 0.433 e. The summed E-state index contributed by atoms with van der Waals surface area (Å²) in [6.45, 7) is 6.82. The summed E-state index contributed by atoms with van der Waals surface area (Å²) in [5.41, 5.74) is 11.2. The van der Waals surface area contributed by atoms with Crippen LogP contribution >= 0.6 is 0 Å². The largest absolute Gasteiger partial charge is 0.508 e. The first-order valence-electron chi connectivity index (χ1n) is 8.93. The van der Waals surface area contributed by atoms with E-state index in [1.165, 1.54) is 10.6 Å². The summed E-state index contributed by atoms with van der Waals surface area (Å²) in [7, 11) is 0. The van der Waals surface area contributed by atoms with Crippen LogP contribution in [-0.4, -0.2) is 25.4 Å². The molecule has 2 heterocycles. The number of phenols is 1. The van der Waals surface area contributed by atoms with Gasteiger partial charge in [0.1, 0.15) is 11.6 Å². The van der Waals surface area contributed by atoms with Crippen LogP contribution in [0.4, 0.5) is 19.0 Å². The van der Waals surface area contributed by atoms with Crippen molar-refractivity contribution in [1.82, 2.24) is 14.3 Å². The first kappa shape index (κ1) is 20.6. The van der Waals surface area contributed by atoms with Crippen molar-refractivity contribution in [1.29, 1.82) is 0 Å². The van der Waals surface area contributed by atoms with Crippen LogP contribution in [0.2, 0.25) is 0 Å². The average molecular weight is 409 g/mol. The normalized spacial score (nSPS) is 12.3. The number of benzene rings is 1. The molecule has 0 saturated heterocycles. The van der Waals surface area contributed by atoms with E-state index < -0.39 is 28.7 Å². The number of rotatable bonds is 4. The van der Waals surface area contributed by atoms with E-state index in [9.17, 15) is 23.1 Å². The summed E-state index contributed by atoms with van der Waals surface area (Å²) in [4.78, 5) is 12.1. The van der Waals surface area contributed by atoms with Crippen LogP contribution in [0.25, 0.3) is 16.7 Å². The highest BCUT2D eigenvalue weighted by Gasteiger charge is 2.42. The van der Waals surface area contributed by atoms with Crippen molar-refractivity contribution in [3.05, 3.63) is 34.5 Å². The van der Waals surface area contributed by atoms with Gasteiger partial charge >= 0.3 is 6.18 Å². The Hall–Kier alpha value is -3.17. The predicted molar refractivity (Wildman–Crippen MR) is 103 cm³/mol. The number of primary amides is 1. The minimum Gasteiger partial charge on any atom is -0.508 e. The number of hydrogen-bond acceptors (Lipinski definition) is 4. The van der Waals surface area contributed by atoms with E-state index in [0.29, 0.717) is 16.8 Å². The van der Waals surface area contributed by atoms with Crippen LogP contribution in [0.1, 0.15) is 41.0 Å². The standard InChI is InChI=1S/C19H22F3N5O2/c1-8(2)7-26-15(19(20,21)22)12-13(17(24)29)16(23)27(18(12)25-26)14-9(3)5-6-11(28)10(14)4/h5-6,8,28H,7,23H2,1-4H3,(H2,24,29). The molecule has 156 valence electrons. The van der Waals surface area contributed by atoms with Crippen LogP contribution in [0, 0.1) is 19.8 Å². The summed E-state index contributed by atoms with van der Waals surface area (Å²) < 4.78 is 44.0. The summed E-state index contributed by atoms with van der Waals surface area (Å²) >= 11 is 0. The molecular formula is C19H22F3N5O2. The molecule has 0 bridgehead atoms. The van der Waals surface area contributed by atoms with Gasteiger partial charge in [-0.2, -0.15) is 18.3 Å². The van der Waals surface area contributed by atoms with Gasteiger partial charge in [-0.05, 0) is 31.4 Å². The van der Waals surface area contributed by atoms with E-state index in [0.717, 1.165) is 4.68 Å². The number of halogens is 3. The molecule has 0 unspecified atom stereocenters. The van der Waals surface area contributed by atoms with Crippen molar-refractivity contribution in [2.75, 3.05) is 5.73 Å². The van der Waals surface area contributed by atoms with E-state index in [4.69, 9.17) is 11.5 Å². The summed E-state index contributed by atoms with van der Waals surface area (Å²) in [6.07, 6.45) is -4.78. The molecule has 7 nitrogen and oxygen atoms in total.